The van der Waals surface area contributed by atoms with Crippen LogP contribution < -0.4 is 14.8 Å². The molecule has 0 aliphatic carbocycles. The minimum Gasteiger partial charge on any atom is -0.493 e. The fraction of sp³-hybridized carbons (Fsp3) is 0.136. The van der Waals surface area contributed by atoms with E-state index in [4.69, 9.17) is 9.47 Å². The zero-order valence-corrected chi connectivity index (χ0v) is 17.6. The van der Waals surface area contributed by atoms with Crippen LogP contribution in [0.4, 0.5) is 10.3 Å². The lowest BCUT2D eigenvalue weighted by Gasteiger charge is -2.09. The summed E-state index contributed by atoms with van der Waals surface area (Å²) >= 11 is 1.38. The molecule has 1 amide bonds. The second kappa shape index (κ2) is 8.97. The van der Waals surface area contributed by atoms with Gasteiger partial charge in [-0.2, -0.15) is 4.98 Å². The van der Waals surface area contributed by atoms with Crippen molar-refractivity contribution in [3.05, 3.63) is 65.3 Å². The van der Waals surface area contributed by atoms with Crippen LogP contribution in [0.2, 0.25) is 0 Å². The van der Waals surface area contributed by atoms with Crippen LogP contribution in [-0.2, 0) is 4.79 Å². The quantitative estimate of drug-likeness (QED) is 0.425. The smallest absolute Gasteiger partial charge is 0.250 e. The van der Waals surface area contributed by atoms with Gasteiger partial charge >= 0.3 is 0 Å². The summed E-state index contributed by atoms with van der Waals surface area (Å²) in [7, 11) is 1.56. The summed E-state index contributed by atoms with van der Waals surface area (Å²) in [5.74, 6) is 0.752. The number of carbonyl (C=O) groups excluding carboxylic acids is 1. The Bertz CT molecular complexity index is 1250. The summed E-state index contributed by atoms with van der Waals surface area (Å²) in [6, 6.07) is 11.5. The summed E-state index contributed by atoms with van der Waals surface area (Å²) < 4.78 is 25.6. The lowest BCUT2D eigenvalue weighted by atomic mass is 10.2. The van der Waals surface area contributed by atoms with E-state index in [-0.39, 0.29) is 17.7 Å². The van der Waals surface area contributed by atoms with Crippen molar-refractivity contribution in [2.45, 2.75) is 6.92 Å². The number of halogens is 1. The molecule has 2 aromatic heterocycles. The predicted octanol–water partition coefficient (Wildman–Crippen LogP) is 4.66. The van der Waals surface area contributed by atoms with E-state index in [2.05, 4.69) is 15.4 Å². The Morgan fingerprint density at radius 2 is 2.03 bits per heavy atom. The van der Waals surface area contributed by atoms with Crippen LogP contribution in [0.15, 0.2) is 53.9 Å². The zero-order chi connectivity index (χ0) is 21.8. The van der Waals surface area contributed by atoms with E-state index in [9.17, 15) is 9.18 Å². The highest BCUT2D eigenvalue weighted by molar-refractivity contribution is 7.15. The molecule has 0 radical (unpaired) electrons. The first kappa shape index (κ1) is 20.5. The van der Waals surface area contributed by atoms with Gasteiger partial charge in [0.25, 0.3) is 11.9 Å². The number of aromatic nitrogens is 3. The summed E-state index contributed by atoms with van der Waals surface area (Å²) in [5, 5.41) is 8.89. The molecule has 0 spiro atoms. The number of methoxy groups -OCH3 is 1. The number of hydrogen-bond acceptors (Lipinski definition) is 6. The van der Waals surface area contributed by atoms with Gasteiger partial charge in [0, 0.05) is 17.0 Å². The third kappa shape index (κ3) is 4.56. The summed E-state index contributed by atoms with van der Waals surface area (Å²) in [6.07, 6.45) is 3.06. The van der Waals surface area contributed by atoms with Crippen LogP contribution in [0.5, 0.6) is 11.5 Å². The maximum absolute atomic E-state index is 13.2. The predicted molar refractivity (Wildman–Crippen MR) is 118 cm³/mol. The topological polar surface area (TPSA) is 77.8 Å². The monoisotopic (exact) mass is 438 g/mol. The van der Waals surface area contributed by atoms with E-state index in [1.165, 1.54) is 29.5 Å². The Balaban J connectivity index is 1.48. The molecule has 0 aliphatic heterocycles. The molecule has 0 aliphatic rings. The highest BCUT2D eigenvalue weighted by Crippen LogP contribution is 2.29. The largest absolute Gasteiger partial charge is 0.493 e. The van der Waals surface area contributed by atoms with Crippen LogP contribution >= 0.6 is 11.3 Å². The number of nitrogens with zero attached hydrogens (tertiary/aromatic N) is 3. The third-order valence-electron chi connectivity index (χ3n) is 4.37. The number of anilines is 1. The maximum atomic E-state index is 13.2. The van der Waals surface area contributed by atoms with Gasteiger partial charge < -0.3 is 9.47 Å². The van der Waals surface area contributed by atoms with Crippen LogP contribution in [-0.4, -0.2) is 34.2 Å². The normalized spacial score (nSPS) is 11.2. The molecule has 0 unspecified atom stereocenters. The second-order valence-corrected chi connectivity index (χ2v) is 7.26. The van der Waals surface area contributed by atoms with Crippen molar-refractivity contribution in [2.75, 3.05) is 19.0 Å². The second-order valence-electron chi connectivity index (χ2n) is 6.42. The number of ether oxygens (including phenoxy) is 2. The Kier molecular flexibility index (Phi) is 5.94. The number of hydrogen-bond donors (Lipinski definition) is 1. The summed E-state index contributed by atoms with van der Waals surface area (Å²) in [6.45, 7) is 2.43. The Hall–Kier alpha value is -3.72. The van der Waals surface area contributed by atoms with Crippen molar-refractivity contribution in [1.82, 2.24) is 14.6 Å². The van der Waals surface area contributed by atoms with Crippen molar-refractivity contribution in [3.63, 3.8) is 0 Å². The number of fused-ring (bicyclic) bond motifs is 1. The first-order valence-corrected chi connectivity index (χ1v) is 10.4. The molecule has 2 aromatic carbocycles. The average Bonchev–Trinajstić information content (AvgIpc) is 3.34. The van der Waals surface area contributed by atoms with Crippen molar-refractivity contribution in [1.29, 1.82) is 0 Å². The van der Waals surface area contributed by atoms with Crippen molar-refractivity contribution >= 4 is 34.2 Å². The molecule has 4 aromatic rings. The van der Waals surface area contributed by atoms with E-state index in [0.29, 0.717) is 23.1 Å². The number of benzene rings is 2. The SMILES string of the molecule is CCOc1ccc(/C=C/C(=O)Nc2nc3scc(-c4ccc(F)cc4)n3n2)cc1OC. The number of amides is 1. The molecule has 1 N–H and O–H groups in total. The van der Waals surface area contributed by atoms with Gasteiger partial charge in [0.1, 0.15) is 5.82 Å². The third-order valence-corrected chi connectivity index (χ3v) is 5.19. The Labute approximate surface area is 181 Å². The highest BCUT2D eigenvalue weighted by Gasteiger charge is 2.13. The van der Waals surface area contributed by atoms with Gasteiger partial charge in [-0.15, -0.1) is 16.4 Å². The molecule has 0 bridgehead atoms. The van der Waals surface area contributed by atoms with Gasteiger partial charge in [0.2, 0.25) is 4.96 Å². The van der Waals surface area contributed by atoms with E-state index in [1.54, 1.807) is 42.0 Å². The molecule has 7 nitrogen and oxygen atoms in total. The van der Waals surface area contributed by atoms with E-state index in [0.717, 1.165) is 16.8 Å². The lowest BCUT2D eigenvalue weighted by Crippen LogP contribution is -2.09. The molecular weight excluding hydrogens is 419 g/mol. The molecule has 4 rings (SSSR count). The molecular formula is C22H19FN4O3S. The highest BCUT2D eigenvalue weighted by atomic mass is 32.1. The summed E-state index contributed by atoms with van der Waals surface area (Å²) in [5.41, 5.74) is 2.36. The molecule has 0 saturated heterocycles. The number of nitrogens with one attached hydrogen (secondary N) is 1. The fourth-order valence-corrected chi connectivity index (χ4v) is 3.77. The number of carbonyl (C=O) groups is 1. The van der Waals surface area contributed by atoms with Gasteiger partial charge in [-0.1, -0.05) is 6.07 Å². The standard InChI is InChI=1S/C22H19FN4O3S/c1-3-30-18-10-4-14(12-19(18)29-2)5-11-20(28)24-21-25-22-27(26-21)17(13-31-22)15-6-8-16(23)9-7-15/h4-13H,3H2,1-2H3,(H,24,26,28)/b11-5+. The van der Waals surface area contributed by atoms with Gasteiger partial charge in [0.15, 0.2) is 11.5 Å². The molecule has 0 fully saturated rings. The van der Waals surface area contributed by atoms with Crippen molar-refractivity contribution < 1.29 is 18.7 Å². The lowest BCUT2D eigenvalue weighted by molar-refractivity contribution is -0.111. The van der Waals surface area contributed by atoms with Gasteiger partial charge in [-0.3, -0.25) is 10.1 Å². The number of rotatable bonds is 7. The van der Waals surface area contributed by atoms with Crippen LogP contribution in [0.25, 0.3) is 22.3 Å². The number of thiazole rings is 1. The Morgan fingerprint density at radius 3 is 2.77 bits per heavy atom. The molecule has 0 atom stereocenters. The molecule has 9 heteroatoms. The van der Waals surface area contributed by atoms with E-state index in [1.807, 2.05) is 18.4 Å². The molecule has 158 valence electrons. The van der Waals surface area contributed by atoms with Crippen LogP contribution in [0.1, 0.15) is 12.5 Å². The molecule has 0 saturated carbocycles. The minimum absolute atomic E-state index is 0.189. The minimum atomic E-state index is -0.366. The average molecular weight is 438 g/mol. The van der Waals surface area contributed by atoms with Crippen LogP contribution in [0, 0.1) is 5.82 Å². The summed E-state index contributed by atoms with van der Waals surface area (Å²) in [4.78, 5) is 17.3. The fourth-order valence-electron chi connectivity index (χ4n) is 2.94. The molecule has 2 heterocycles. The first-order chi connectivity index (χ1) is 15.1. The van der Waals surface area contributed by atoms with Gasteiger partial charge in [-0.25, -0.2) is 8.91 Å². The first-order valence-electron chi connectivity index (χ1n) is 9.47. The van der Waals surface area contributed by atoms with Crippen molar-refractivity contribution in [3.8, 4) is 22.8 Å². The van der Waals surface area contributed by atoms with Crippen molar-refractivity contribution in [2.24, 2.45) is 0 Å². The van der Waals surface area contributed by atoms with Crippen LogP contribution in [0.3, 0.4) is 0 Å². The van der Waals surface area contributed by atoms with Gasteiger partial charge in [-0.05, 0) is 55.0 Å². The zero-order valence-electron chi connectivity index (χ0n) is 16.8. The van der Waals surface area contributed by atoms with Gasteiger partial charge in [0.05, 0.1) is 19.4 Å². The van der Waals surface area contributed by atoms with E-state index >= 15 is 0 Å². The van der Waals surface area contributed by atoms with E-state index < -0.39 is 0 Å². The maximum Gasteiger partial charge on any atom is 0.250 e. The Morgan fingerprint density at radius 1 is 1.23 bits per heavy atom. The molecule has 31 heavy (non-hydrogen) atoms.